The smallest absolute Gasteiger partial charge is 0.268 e. The Morgan fingerprint density at radius 1 is 0.472 bits per heavy atom. The summed E-state index contributed by atoms with van der Waals surface area (Å²) in [6.07, 6.45) is 70.0. The van der Waals surface area contributed by atoms with Crippen LogP contribution in [0.4, 0.5) is 0 Å². The monoisotopic (exact) mass is 1040 g/mol. The Bertz CT molecular complexity index is 1220. The maximum atomic E-state index is 13.0. The van der Waals surface area contributed by atoms with Crippen molar-refractivity contribution in [1.82, 2.24) is 5.32 Å². The molecule has 0 aliphatic rings. The van der Waals surface area contributed by atoms with Crippen LogP contribution in [-0.4, -0.2) is 68.5 Å². The predicted octanol–water partition coefficient (Wildman–Crippen LogP) is 18.9. The molecule has 0 heterocycles. The zero-order chi connectivity index (χ0) is 52.7. The Balaban J connectivity index is 4.10. The number of hydrogen-bond donors (Lipinski definition) is 2. The molecule has 0 spiro atoms. The van der Waals surface area contributed by atoms with E-state index < -0.39 is 20.0 Å². The Labute approximate surface area is 449 Å². The van der Waals surface area contributed by atoms with Gasteiger partial charge in [0.05, 0.1) is 39.9 Å². The number of likely N-dealkylation sites (N-methyl/N-ethyl adjacent to an activating group) is 1. The summed E-state index contributed by atoms with van der Waals surface area (Å²) in [6.45, 7) is 4.68. The molecule has 0 aliphatic heterocycles. The average Bonchev–Trinajstić information content (AvgIpc) is 3.34. The van der Waals surface area contributed by atoms with E-state index in [0.717, 1.165) is 38.5 Å². The summed E-state index contributed by atoms with van der Waals surface area (Å²) in [6, 6.07) is -0.900. The van der Waals surface area contributed by atoms with Crippen molar-refractivity contribution in [2.24, 2.45) is 0 Å². The molecule has 0 aliphatic carbocycles. The molecule has 8 nitrogen and oxygen atoms in total. The van der Waals surface area contributed by atoms with Gasteiger partial charge in [0.1, 0.15) is 13.2 Å². The van der Waals surface area contributed by atoms with Gasteiger partial charge in [0.2, 0.25) is 5.91 Å². The highest BCUT2D eigenvalue weighted by Crippen LogP contribution is 2.38. The molecule has 72 heavy (non-hydrogen) atoms. The van der Waals surface area contributed by atoms with Crippen LogP contribution >= 0.6 is 7.82 Å². The summed E-state index contributed by atoms with van der Waals surface area (Å²) in [5.74, 6) is -0.201. The van der Waals surface area contributed by atoms with Crippen LogP contribution in [-0.2, 0) is 18.4 Å². The highest BCUT2D eigenvalue weighted by atomic mass is 31.2. The lowest BCUT2D eigenvalue weighted by atomic mass is 10.0. The number of nitrogens with zero attached hydrogens (tertiary/aromatic N) is 1. The number of allylic oxidation sites excluding steroid dienone is 3. The molecule has 0 saturated carbocycles. The van der Waals surface area contributed by atoms with Gasteiger partial charge < -0.3 is 28.8 Å². The van der Waals surface area contributed by atoms with Gasteiger partial charge in [0.15, 0.2) is 0 Å². The fourth-order valence-corrected chi connectivity index (χ4v) is 10.4. The molecule has 0 fully saturated rings. The van der Waals surface area contributed by atoms with E-state index in [-0.39, 0.29) is 19.1 Å². The Hall–Kier alpha value is -1.02. The number of unbranched alkanes of at least 4 members (excludes halogenated alkanes) is 44. The van der Waals surface area contributed by atoms with Crippen molar-refractivity contribution in [1.29, 1.82) is 0 Å². The van der Waals surface area contributed by atoms with E-state index >= 15 is 0 Å². The molecule has 0 aromatic carbocycles. The largest absolute Gasteiger partial charge is 0.756 e. The number of amides is 1. The van der Waals surface area contributed by atoms with Gasteiger partial charge in [-0.15, -0.1) is 0 Å². The van der Waals surface area contributed by atoms with Gasteiger partial charge >= 0.3 is 0 Å². The van der Waals surface area contributed by atoms with E-state index in [0.29, 0.717) is 17.4 Å². The van der Waals surface area contributed by atoms with Crippen molar-refractivity contribution in [2.75, 3.05) is 40.9 Å². The van der Waals surface area contributed by atoms with Gasteiger partial charge in [-0.25, -0.2) is 0 Å². The Morgan fingerprint density at radius 2 is 0.778 bits per heavy atom. The van der Waals surface area contributed by atoms with Crippen LogP contribution in [0.15, 0.2) is 24.3 Å². The summed E-state index contributed by atoms with van der Waals surface area (Å²) in [7, 11) is 1.26. The predicted molar refractivity (Wildman–Crippen MR) is 312 cm³/mol. The molecule has 0 radical (unpaired) electrons. The zero-order valence-electron chi connectivity index (χ0n) is 48.9. The SMILES string of the molecule is CCCCCCCCCCCCCCCCCCCCCCCCCCCC/C=C/CC/C=C/C(O)C(COP(=O)([O-])OCC[N+](C)(C)C)NC(=O)CCCCCCCCCCCCCCCCCCCC. The molecule has 3 unspecified atom stereocenters. The van der Waals surface area contributed by atoms with Gasteiger partial charge in [-0.2, -0.15) is 0 Å². The van der Waals surface area contributed by atoms with Crippen LogP contribution in [0.2, 0.25) is 0 Å². The number of rotatable bonds is 59. The minimum absolute atomic E-state index is 0.00364. The van der Waals surface area contributed by atoms with Crippen molar-refractivity contribution in [3.63, 3.8) is 0 Å². The second-order valence-corrected chi connectivity index (χ2v) is 24.5. The summed E-state index contributed by atoms with van der Waals surface area (Å²) in [5, 5.41) is 13.9. The van der Waals surface area contributed by atoms with E-state index in [1.807, 2.05) is 27.2 Å². The minimum atomic E-state index is -4.60. The van der Waals surface area contributed by atoms with Crippen LogP contribution < -0.4 is 10.2 Å². The molecule has 3 atom stereocenters. The van der Waals surface area contributed by atoms with Gasteiger partial charge in [-0.3, -0.25) is 9.36 Å². The third-order valence-corrected chi connectivity index (χ3v) is 15.6. The third-order valence-electron chi connectivity index (χ3n) is 14.7. The van der Waals surface area contributed by atoms with Crippen molar-refractivity contribution >= 4 is 13.7 Å². The molecule has 0 rings (SSSR count). The molecule has 0 bridgehead atoms. The highest BCUT2D eigenvalue weighted by Gasteiger charge is 2.23. The standard InChI is InChI=1S/C63H125N2O6P/c1-6-8-10-12-14-16-18-20-22-24-26-27-28-29-30-31-32-33-34-35-36-37-38-39-40-42-44-46-48-50-52-54-56-62(66)61(60-71-72(68,69)70-59-58-65(3,4)5)64-63(67)57-55-53-51-49-47-45-43-41-25-23-21-19-17-15-13-11-9-7-2/h46,48,54,56,61-62,66H,6-45,47,49-53,55,57-60H2,1-5H3,(H-,64,67,68,69)/b48-46+,56-54+. The molecule has 1 amide bonds. The summed E-state index contributed by atoms with van der Waals surface area (Å²) < 4.78 is 23.4. The minimum Gasteiger partial charge on any atom is -0.756 e. The lowest BCUT2D eigenvalue weighted by Gasteiger charge is -2.29. The lowest BCUT2D eigenvalue weighted by molar-refractivity contribution is -0.870. The van der Waals surface area contributed by atoms with E-state index in [1.54, 1.807) is 6.08 Å². The molecular formula is C63H125N2O6P. The molecule has 428 valence electrons. The van der Waals surface area contributed by atoms with Crippen molar-refractivity contribution < 1.29 is 32.9 Å². The van der Waals surface area contributed by atoms with Crippen LogP contribution in [0, 0.1) is 0 Å². The molecule has 0 aromatic rings. The van der Waals surface area contributed by atoms with E-state index in [4.69, 9.17) is 9.05 Å². The zero-order valence-corrected chi connectivity index (χ0v) is 49.8. The third kappa shape index (κ3) is 56.7. The maximum absolute atomic E-state index is 13.0. The first-order valence-corrected chi connectivity index (χ1v) is 33.2. The van der Waals surface area contributed by atoms with E-state index in [1.165, 1.54) is 263 Å². The lowest BCUT2D eigenvalue weighted by Crippen LogP contribution is -2.45. The molecule has 0 aromatic heterocycles. The molecular weight excluding hydrogens is 912 g/mol. The Morgan fingerprint density at radius 3 is 1.12 bits per heavy atom. The fraction of sp³-hybridized carbons (Fsp3) is 0.921. The van der Waals surface area contributed by atoms with Gasteiger partial charge in [-0.1, -0.05) is 308 Å². The van der Waals surface area contributed by atoms with Crippen molar-refractivity contribution in [3.05, 3.63) is 24.3 Å². The van der Waals surface area contributed by atoms with Crippen LogP contribution in [0.3, 0.4) is 0 Å². The average molecular weight is 1040 g/mol. The normalized spacial score (nSPS) is 13.9. The second-order valence-electron chi connectivity index (χ2n) is 23.1. The summed E-state index contributed by atoms with van der Waals surface area (Å²) >= 11 is 0. The number of carbonyl (C=O) groups excluding carboxylic acids is 1. The maximum Gasteiger partial charge on any atom is 0.268 e. The van der Waals surface area contributed by atoms with Gasteiger partial charge in [0, 0.05) is 6.42 Å². The molecule has 2 N–H and O–H groups in total. The molecule has 9 heteroatoms. The second kappa shape index (κ2) is 54.8. The Kier molecular flexibility index (Phi) is 54.0. The number of phosphoric ester groups is 1. The highest BCUT2D eigenvalue weighted by molar-refractivity contribution is 7.45. The van der Waals surface area contributed by atoms with Gasteiger partial charge in [-0.05, 0) is 32.1 Å². The van der Waals surface area contributed by atoms with Gasteiger partial charge in [0.25, 0.3) is 7.82 Å². The number of carbonyl (C=O) groups is 1. The summed E-state index contributed by atoms with van der Waals surface area (Å²) in [4.78, 5) is 25.5. The van der Waals surface area contributed by atoms with Crippen molar-refractivity contribution in [3.8, 4) is 0 Å². The number of hydrogen-bond acceptors (Lipinski definition) is 6. The van der Waals surface area contributed by atoms with E-state index in [9.17, 15) is 19.4 Å². The molecule has 0 saturated heterocycles. The van der Waals surface area contributed by atoms with E-state index in [2.05, 4.69) is 31.3 Å². The number of aliphatic hydroxyl groups excluding tert-OH is 1. The summed E-state index contributed by atoms with van der Waals surface area (Å²) in [5.41, 5.74) is 0. The number of quaternary nitrogens is 1. The van der Waals surface area contributed by atoms with Crippen LogP contribution in [0.5, 0.6) is 0 Å². The van der Waals surface area contributed by atoms with Crippen LogP contribution in [0.25, 0.3) is 0 Å². The quantitative estimate of drug-likeness (QED) is 0.0272. The first kappa shape index (κ1) is 71.0. The number of phosphoric acid groups is 1. The first-order valence-electron chi connectivity index (χ1n) is 31.7. The first-order chi connectivity index (χ1) is 35.0. The fourth-order valence-electron chi connectivity index (χ4n) is 9.70. The number of aliphatic hydroxyl groups is 1. The topological polar surface area (TPSA) is 108 Å². The van der Waals surface area contributed by atoms with Crippen LogP contribution in [0.1, 0.15) is 322 Å². The van der Waals surface area contributed by atoms with Crippen molar-refractivity contribution in [2.45, 2.75) is 334 Å². The number of nitrogens with one attached hydrogen (secondary N) is 1.